The van der Waals surface area contributed by atoms with E-state index in [9.17, 15) is 4.79 Å². The maximum Gasteiger partial charge on any atom is 0.339 e. The van der Waals surface area contributed by atoms with Crippen LogP contribution in [0.1, 0.15) is 33.5 Å². The first-order chi connectivity index (χ1) is 11.0. The quantitative estimate of drug-likeness (QED) is 0.785. The Morgan fingerprint density at radius 3 is 2.42 bits per heavy atom. The maximum absolute atomic E-state index is 12.6. The zero-order valence-corrected chi connectivity index (χ0v) is 15.2. The lowest BCUT2D eigenvalue weighted by molar-refractivity contribution is -0.0355. The molecule has 4 heteroatoms. The molecule has 0 fully saturated rings. The first kappa shape index (κ1) is 18.5. The van der Waals surface area contributed by atoms with Crippen molar-refractivity contribution in [1.29, 1.82) is 0 Å². The molecule has 0 aromatic heterocycles. The summed E-state index contributed by atoms with van der Waals surface area (Å²) < 4.78 is 6.01. The van der Waals surface area contributed by atoms with E-state index in [0.717, 1.165) is 30.5 Å². The fourth-order valence-electron chi connectivity index (χ4n) is 3.16. The van der Waals surface area contributed by atoms with Crippen LogP contribution < -0.4 is 0 Å². The van der Waals surface area contributed by atoms with Crippen LogP contribution in [0.3, 0.4) is 0 Å². The summed E-state index contributed by atoms with van der Waals surface area (Å²) in [6.07, 6.45) is 1.51. The number of halogens is 1. The van der Waals surface area contributed by atoms with Gasteiger partial charge in [-0.25, -0.2) is 4.79 Å². The first-order valence-corrected chi connectivity index (χ1v) is 8.03. The Morgan fingerprint density at radius 1 is 1.08 bits per heavy atom. The molecular weight excluding hydrogens is 322 g/mol. The summed E-state index contributed by atoms with van der Waals surface area (Å²) in [5.41, 5.74) is 3.47. The van der Waals surface area contributed by atoms with Crippen molar-refractivity contribution in [2.75, 3.05) is 20.6 Å². The van der Waals surface area contributed by atoms with E-state index in [1.165, 1.54) is 5.56 Å². The molecule has 0 N–H and O–H groups in total. The molecule has 1 unspecified atom stereocenters. The minimum Gasteiger partial charge on any atom is -0.450 e. The third kappa shape index (κ3) is 3.63. The van der Waals surface area contributed by atoms with Gasteiger partial charge in [-0.2, -0.15) is 0 Å². The van der Waals surface area contributed by atoms with Gasteiger partial charge in [0.2, 0.25) is 0 Å². The molecule has 1 atom stereocenters. The fourth-order valence-corrected chi connectivity index (χ4v) is 3.16. The Labute approximate surface area is 150 Å². The molecule has 3 rings (SSSR count). The minimum absolute atomic E-state index is 0. The molecule has 1 heterocycles. The van der Waals surface area contributed by atoms with Gasteiger partial charge in [-0.1, -0.05) is 48.0 Å². The van der Waals surface area contributed by atoms with Gasteiger partial charge in [0.05, 0.1) is 5.56 Å². The third-order valence-corrected chi connectivity index (χ3v) is 4.54. The molecule has 128 valence electrons. The van der Waals surface area contributed by atoms with E-state index in [0.29, 0.717) is 5.56 Å². The van der Waals surface area contributed by atoms with Gasteiger partial charge in [-0.05, 0) is 38.2 Å². The lowest BCUT2D eigenvalue weighted by atomic mass is 9.80. The van der Waals surface area contributed by atoms with Crippen LogP contribution in [0.15, 0.2) is 48.5 Å². The zero-order chi connectivity index (χ0) is 16.4. The highest BCUT2D eigenvalue weighted by atomic mass is 35.5. The van der Waals surface area contributed by atoms with Crippen molar-refractivity contribution in [3.8, 4) is 0 Å². The van der Waals surface area contributed by atoms with Crippen LogP contribution in [0.2, 0.25) is 0 Å². The van der Waals surface area contributed by atoms with Gasteiger partial charge in [-0.15, -0.1) is 12.4 Å². The Hall–Kier alpha value is -1.84. The van der Waals surface area contributed by atoms with Crippen molar-refractivity contribution < 1.29 is 9.53 Å². The van der Waals surface area contributed by atoms with Crippen molar-refractivity contribution in [3.63, 3.8) is 0 Å². The predicted octanol–water partition coefficient (Wildman–Crippen LogP) is 3.98. The number of nitrogens with zero attached hydrogens (tertiary/aromatic N) is 1. The smallest absolute Gasteiger partial charge is 0.339 e. The number of benzene rings is 2. The second kappa shape index (κ2) is 7.37. The molecule has 0 bridgehead atoms. The molecule has 0 saturated heterocycles. The zero-order valence-electron chi connectivity index (χ0n) is 14.4. The van der Waals surface area contributed by atoms with Crippen LogP contribution in [-0.2, 0) is 16.8 Å². The number of esters is 1. The maximum atomic E-state index is 12.6. The number of carbonyl (C=O) groups is 1. The van der Waals surface area contributed by atoms with E-state index in [-0.39, 0.29) is 18.4 Å². The number of ether oxygens (including phenoxy) is 1. The average Bonchev–Trinajstić information content (AvgIpc) is 2.53. The first-order valence-electron chi connectivity index (χ1n) is 8.03. The van der Waals surface area contributed by atoms with E-state index >= 15 is 0 Å². The number of fused-ring (bicyclic) bond motifs is 1. The van der Waals surface area contributed by atoms with Gasteiger partial charge in [0.25, 0.3) is 0 Å². The molecule has 0 radical (unpaired) electrons. The minimum atomic E-state index is -0.580. The molecule has 1 aliphatic rings. The number of hydrogen-bond acceptors (Lipinski definition) is 3. The number of carbonyl (C=O) groups excluding carboxylic acids is 1. The molecule has 24 heavy (non-hydrogen) atoms. The molecule has 0 spiro atoms. The Balaban J connectivity index is 0.00000208. The van der Waals surface area contributed by atoms with E-state index in [2.05, 4.69) is 36.1 Å². The molecule has 3 nitrogen and oxygen atoms in total. The average molecular weight is 346 g/mol. The standard InChI is InChI=1S/C20H23NO2.ClH/c1-15-8-10-17(11-9-15)20(12-13-21(2)3)14-16-6-4-5-7-18(16)19(22)23-20;/h4-11H,12-14H2,1-3H3;1H. The van der Waals surface area contributed by atoms with Crippen LogP contribution >= 0.6 is 12.4 Å². The Kier molecular flexibility index (Phi) is 5.68. The largest absolute Gasteiger partial charge is 0.450 e. The molecule has 1 aliphatic heterocycles. The van der Waals surface area contributed by atoms with E-state index in [4.69, 9.17) is 4.74 Å². The van der Waals surface area contributed by atoms with Crippen molar-refractivity contribution in [1.82, 2.24) is 4.90 Å². The van der Waals surface area contributed by atoms with Gasteiger partial charge in [0.1, 0.15) is 5.60 Å². The topological polar surface area (TPSA) is 29.5 Å². The number of aryl methyl sites for hydroxylation is 1. The second-order valence-corrected chi connectivity index (χ2v) is 6.64. The summed E-state index contributed by atoms with van der Waals surface area (Å²) in [5, 5.41) is 0. The molecule has 2 aromatic carbocycles. The second-order valence-electron chi connectivity index (χ2n) is 6.64. The van der Waals surface area contributed by atoms with Gasteiger partial charge in [0, 0.05) is 19.4 Å². The molecule has 0 amide bonds. The highest BCUT2D eigenvalue weighted by Gasteiger charge is 2.41. The van der Waals surface area contributed by atoms with Crippen LogP contribution in [-0.4, -0.2) is 31.5 Å². The summed E-state index contributed by atoms with van der Waals surface area (Å²) in [5.74, 6) is -0.216. The van der Waals surface area contributed by atoms with Crippen LogP contribution in [0, 0.1) is 6.92 Å². The summed E-state index contributed by atoms with van der Waals surface area (Å²) >= 11 is 0. The van der Waals surface area contributed by atoms with Crippen molar-refractivity contribution in [3.05, 3.63) is 70.8 Å². The Bertz CT molecular complexity index is 712. The van der Waals surface area contributed by atoms with E-state index in [1.807, 2.05) is 38.4 Å². The molecule has 0 aliphatic carbocycles. The summed E-state index contributed by atoms with van der Waals surface area (Å²) in [4.78, 5) is 14.7. The summed E-state index contributed by atoms with van der Waals surface area (Å²) in [6.45, 7) is 2.93. The number of hydrogen-bond donors (Lipinski definition) is 0. The van der Waals surface area contributed by atoms with Crippen LogP contribution in [0.5, 0.6) is 0 Å². The molecule has 2 aromatic rings. The van der Waals surface area contributed by atoms with Gasteiger partial charge in [-0.3, -0.25) is 0 Å². The van der Waals surface area contributed by atoms with Crippen molar-refractivity contribution >= 4 is 18.4 Å². The van der Waals surface area contributed by atoms with E-state index in [1.54, 1.807) is 0 Å². The predicted molar refractivity (Wildman–Crippen MR) is 98.8 cm³/mol. The van der Waals surface area contributed by atoms with Crippen molar-refractivity contribution in [2.24, 2.45) is 0 Å². The monoisotopic (exact) mass is 345 g/mol. The highest BCUT2D eigenvalue weighted by Crippen LogP contribution is 2.39. The Morgan fingerprint density at radius 2 is 1.75 bits per heavy atom. The normalized spacial score (nSPS) is 19.4. The lowest BCUT2D eigenvalue weighted by Crippen LogP contribution is -2.41. The van der Waals surface area contributed by atoms with Gasteiger partial charge >= 0.3 is 5.97 Å². The SMILES string of the molecule is Cc1ccc(C2(CCN(C)C)Cc3ccccc3C(=O)O2)cc1.Cl. The van der Waals surface area contributed by atoms with Gasteiger partial charge < -0.3 is 9.64 Å². The third-order valence-electron chi connectivity index (χ3n) is 4.54. The van der Waals surface area contributed by atoms with E-state index < -0.39 is 5.60 Å². The van der Waals surface area contributed by atoms with Crippen LogP contribution in [0.4, 0.5) is 0 Å². The summed E-state index contributed by atoms with van der Waals surface area (Å²) in [7, 11) is 4.09. The number of rotatable bonds is 4. The van der Waals surface area contributed by atoms with Gasteiger partial charge in [0.15, 0.2) is 0 Å². The summed E-state index contributed by atoms with van der Waals surface area (Å²) in [6, 6.07) is 16.1. The lowest BCUT2D eigenvalue weighted by Gasteiger charge is -2.39. The molecule has 0 saturated carbocycles. The fraction of sp³-hybridized carbons (Fsp3) is 0.350. The van der Waals surface area contributed by atoms with Crippen molar-refractivity contribution in [2.45, 2.75) is 25.4 Å². The van der Waals surface area contributed by atoms with Crippen LogP contribution in [0.25, 0.3) is 0 Å². The molecular formula is C20H24ClNO2. The highest BCUT2D eigenvalue weighted by molar-refractivity contribution is 5.92. The number of cyclic esters (lactones) is 1.